The van der Waals surface area contributed by atoms with Crippen molar-refractivity contribution in [3.05, 3.63) is 24.0 Å². The lowest BCUT2D eigenvalue weighted by Crippen LogP contribution is -2.50. The highest BCUT2D eigenvalue weighted by atomic mass is 19.1. The zero-order valence-corrected chi connectivity index (χ0v) is 15.0. The number of hydrogen-bond donors (Lipinski definition) is 0. The molecule has 2 amide bonds. The summed E-state index contributed by atoms with van der Waals surface area (Å²) in [6, 6.07) is 4.68. The van der Waals surface area contributed by atoms with E-state index < -0.39 is 0 Å². The molecule has 2 aliphatic heterocycles. The predicted octanol–water partition coefficient (Wildman–Crippen LogP) is 2.65. The molecule has 6 heteroatoms. The summed E-state index contributed by atoms with van der Waals surface area (Å²) in [5.41, 5.74) is 1.58. The molecular formula is C19H26FN3O2. The lowest BCUT2D eigenvalue weighted by Gasteiger charge is -2.40. The maximum absolute atomic E-state index is 13.8. The maximum atomic E-state index is 13.8. The van der Waals surface area contributed by atoms with Gasteiger partial charge in [0.05, 0.1) is 17.3 Å². The molecule has 25 heavy (non-hydrogen) atoms. The molecule has 0 bridgehead atoms. The number of nitrogens with zero attached hydrogens (tertiary/aromatic N) is 3. The van der Waals surface area contributed by atoms with Gasteiger partial charge in [-0.25, -0.2) is 4.39 Å². The fourth-order valence-corrected chi connectivity index (χ4v) is 3.86. The van der Waals surface area contributed by atoms with Crippen LogP contribution in [0.1, 0.15) is 33.1 Å². The predicted molar refractivity (Wildman–Crippen MR) is 96.2 cm³/mol. The van der Waals surface area contributed by atoms with E-state index in [1.807, 2.05) is 0 Å². The lowest BCUT2D eigenvalue weighted by molar-refractivity contribution is -0.133. The fraction of sp³-hybridized carbons (Fsp3) is 0.579. The van der Waals surface area contributed by atoms with E-state index in [1.165, 1.54) is 12.1 Å². The molecule has 2 aliphatic rings. The van der Waals surface area contributed by atoms with Gasteiger partial charge in [-0.1, -0.05) is 6.92 Å². The quantitative estimate of drug-likeness (QED) is 0.844. The first-order valence-electron chi connectivity index (χ1n) is 9.12. The zero-order chi connectivity index (χ0) is 18.0. The van der Waals surface area contributed by atoms with Gasteiger partial charge >= 0.3 is 0 Å². The van der Waals surface area contributed by atoms with E-state index in [4.69, 9.17) is 0 Å². The second-order valence-corrected chi connectivity index (χ2v) is 6.91. The summed E-state index contributed by atoms with van der Waals surface area (Å²) < 4.78 is 13.8. The summed E-state index contributed by atoms with van der Waals surface area (Å²) in [6.45, 7) is 7.04. The second-order valence-electron chi connectivity index (χ2n) is 6.91. The number of rotatable bonds is 3. The molecule has 0 aromatic heterocycles. The van der Waals surface area contributed by atoms with E-state index in [-0.39, 0.29) is 23.5 Å². The van der Waals surface area contributed by atoms with E-state index in [0.29, 0.717) is 25.3 Å². The smallest absolute Gasteiger partial charge is 0.232 e. The molecule has 2 heterocycles. The zero-order valence-electron chi connectivity index (χ0n) is 15.0. The molecule has 0 N–H and O–H groups in total. The third-order valence-corrected chi connectivity index (χ3v) is 5.14. The SMILES string of the molecule is CCCN1CCN(C(=O)[C@H]2CCCN(C(C)=O)C2)c2cc(F)ccc21. The molecule has 1 fully saturated rings. The summed E-state index contributed by atoms with van der Waals surface area (Å²) in [4.78, 5) is 30.4. The van der Waals surface area contributed by atoms with Crippen molar-refractivity contribution < 1.29 is 14.0 Å². The monoisotopic (exact) mass is 347 g/mol. The minimum atomic E-state index is -0.330. The highest BCUT2D eigenvalue weighted by Gasteiger charge is 2.34. The normalized spacial score (nSPS) is 20.4. The maximum Gasteiger partial charge on any atom is 0.232 e. The van der Waals surface area contributed by atoms with Crippen molar-refractivity contribution in [2.24, 2.45) is 5.92 Å². The minimum absolute atomic E-state index is 0.00829. The molecular weight excluding hydrogens is 321 g/mol. The summed E-state index contributed by atoms with van der Waals surface area (Å²) in [5, 5.41) is 0. The van der Waals surface area contributed by atoms with Gasteiger partial charge in [0.1, 0.15) is 5.82 Å². The van der Waals surface area contributed by atoms with E-state index in [2.05, 4.69) is 11.8 Å². The van der Waals surface area contributed by atoms with Gasteiger partial charge in [0.25, 0.3) is 0 Å². The first kappa shape index (κ1) is 17.7. The number of halogens is 1. The Labute approximate surface area is 148 Å². The second kappa shape index (κ2) is 7.42. The van der Waals surface area contributed by atoms with Gasteiger partial charge in [-0.15, -0.1) is 0 Å². The third-order valence-electron chi connectivity index (χ3n) is 5.14. The van der Waals surface area contributed by atoms with Crippen molar-refractivity contribution in [1.82, 2.24) is 4.90 Å². The summed E-state index contributed by atoms with van der Waals surface area (Å²) in [5.74, 6) is -0.513. The average molecular weight is 347 g/mol. The van der Waals surface area contributed by atoms with Crippen LogP contribution in [-0.4, -0.2) is 49.4 Å². The first-order valence-corrected chi connectivity index (χ1v) is 9.12. The largest absolute Gasteiger partial charge is 0.368 e. The molecule has 3 rings (SSSR count). The van der Waals surface area contributed by atoms with Crippen molar-refractivity contribution in [2.75, 3.05) is 42.5 Å². The molecule has 1 aromatic carbocycles. The van der Waals surface area contributed by atoms with Gasteiger partial charge < -0.3 is 14.7 Å². The van der Waals surface area contributed by atoms with Gasteiger partial charge in [-0.2, -0.15) is 0 Å². The number of carbonyl (C=O) groups excluding carboxylic acids is 2. The van der Waals surface area contributed by atoms with Crippen molar-refractivity contribution in [2.45, 2.75) is 33.1 Å². The van der Waals surface area contributed by atoms with Crippen LogP contribution in [0.5, 0.6) is 0 Å². The van der Waals surface area contributed by atoms with Crippen LogP contribution in [0, 0.1) is 11.7 Å². The highest BCUT2D eigenvalue weighted by Crippen LogP contribution is 2.35. The Balaban J connectivity index is 1.84. The molecule has 1 saturated heterocycles. The van der Waals surface area contributed by atoms with Crippen molar-refractivity contribution in [1.29, 1.82) is 0 Å². The molecule has 1 aromatic rings. The summed E-state index contributed by atoms with van der Waals surface area (Å²) in [6.07, 6.45) is 2.62. The molecule has 1 atom stereocenters. The third kappa shape index (κ3) is 3.62. The molecule has 0 saturated carbocycles. The number of carbonyl (C=O) groups is 2. The summed E-state index contributed by atoms with van der Waals surface area (Å²) >= 11 is 0. The summed E-state index contributed by atoms with van der Waals surface area (Å²) in [7, 11) is 0. The van der Waals surface area contributed by atoms with Crippen LogP contribution >= 0.6 is 0 Å². The van der Waals surface area contributed by atoms with Crippen molar-refractivity contribution in [3.63, 3.8) is 0 Å². The first-order chi connectivity index (χ1) is 12.0. The number of hydrogen-bond acceptors (Lipinski definition) is 3. The van der Waals surface area contributed by atoms with Crippen LogP contribution in [0.2, 0.25) is 0 Å². The topological polar surface area (TPSA) is 43.9 Å². The Morgan fingerprint density at radius 1 is 1.20 bits per heavy atom. The number of fused-ring (bicyclic) bond motifs is 1. The Kier molecular flexibility index (Phi) is 5.25. The number of likely N-dealkylation sites (tertiary alicyclic amines) is 1. The highest BCUT2D eigenvalue weighted by molar-refractivity contribution is 5.99. The van der Waals surface area contributed by atoms with Crippen LogP contribution in [0.3, 0.4) is 0 Å². The Bertz CT molecular complexity index is 664. The Hall–Kier alpha value is -2.11. The number of benzene rings is 1. The van der Waals surface area contributed by atoms with Crippen molar-refractivity contribution in [3.8, 4) is 0 Å². The van der Waals surface area contributed by atoms with Gasteiger partial charge in [0, 0.05) is 39.6 Å². The van der Waals surface area contributed by atoms with Crippen LogP contribution in [0.4, 0.5) is 15.8 Å². The number of piperidine rings is 1. The molecule has 5 nitrogen and oxygen atoms in total. The van der Waals surface area contributed by atoms with Gasteiger partial charge in [0.2, 0.25) is 11.8 Å². The molecule has 0 spiro atoms. The molecule has 0 aliphatic carbocycles. The fourth-order valence-electron chi connectivity index (χ4n) is 3.86. The van der Waals surface area contributed by atoms with Crippen molar-refractivity contribution >= 4 is 23.2 Å². The van der Waals surface area contributed by atoms with Gasteiger partial charge in [-0.3, -0.25) is 9.59 Å². The Morgan fingerprint density at radius 3 is 2.72 bits per heavy atom. The van der Waals surface area contributed by atoms with Crippen LogP contribution in [-0.2, 0) is 9.59 Å². The number of amides is 2. The number of anilines is 2. The van der Waals surface area contributed by atoms with Crippen LogP contribution in [0.15, 0.2) is 18.2 Å². The van der Waals surface area contributed by atoms with Gasteiger partial charge in [0.15, 0.2) is 0 Å². The minimum Gasteiger partial charge on any atom is -0.368 e. The average Bonchev–Trinajstić information content (AvgIpc) is 2.61. The molecule has 136 valence electrons. The lowest BCUT2D eigenvalue weighted by atomic mass is 9.95. The van der Waals surface area contributed by atoms with E-state index in [0.717, 1.165) is 38.0 Å². The molecule has 0 radical (unpaired) electrons. The van der Waals surface area contributed by atoms with Gasteiger partial charge in [-0.05, 0) is 37.5 Å². The van der Waals surface area contributed by atoms with E-state index in [9.17, 15) is 14.0 Å². The van der Waals surface area contributed by atoms with Crippen LogP contribution < -0.4 is 9.80 Å². The molecule has 0 unspecified atom stereocenters. The van der Waals surface area contributed by atoms with E-state index in [1.54, 1.807) is 22.8 Å². The standard InChI is InChI=1S/C19H26FN3O2/c1-3-8-21-10-11-23(18-12-16(20)6-7-17(18)21)19(25)15-5-4-9-22(13-15)14(2)24/h6-7,12,15H,3-5,8-11,13H2,1-2H3/t15-/m0/s1. The van der Waals surface area contributed by atoms with Crippen LogP contribution in [0.25, 0.3) is 0 Å². The Morgan fingerprint density at radius 2 is 2.00 bits per heavy atom. The van der Waals surface area contributed by atoms with E-state index >= 15 is 0 Å².